The molecule has 0 aromatic heterocycles. The van der Waals surface area contributed by atoms with Crippen LogP contribution in [0.15, 0.2) is 36.9 Å². The number of hydrogen-bond donors (Lipinski definition) is 0. The van der Waals surface area contributed by atoms with Crippen molar-refractivity contribution in [1.29, 1.82) is 0 Å². The van der Waals surface area contributed by atoms with Gasteiger partial charge in [0.05, 0.1) is 19.8 Å². The van der Waals surface area contributed by atoms with E-state index in [2.05, 4.69) is 36.1 Å². The van der Waals surface area contributed by atoms with Crippen LogP contribution in [0.1, 0.15) is 25.3 Å². The number of alkyl halides is 1. The van der Waals surface area contributed by atoms with Gasteiger partial charge < -0.3 is 9.47 Å². The largest absolute Gasteiger partial charge is 0.497 e. The summed E-state index contributed by atoms with van der Waals surface area (Å²) >= 11 is 2.42. The van der Waals surface area contributed by atoms with Gasteiger partial charge in [0.15, 0.2) is 0 Å². The Balaban J connectivity index is 2.52. The van der Waals surface area contributed by atoms with E-state index in [0.717, 1.165) is 12.2 Å². The molecule has 2 atom stereocenters. The molecule has 0 saturated heterocycles. The van der Waals surface area contributed by atoms with E-state index in [1.54, 1.807) is 7.11 Å². The van der Waals surface area contributed by atoms with Crippen LogP contribution in [0.5, 0.6) is 5.75 Å². The van der Waals surface area contributed by atoms with Crippen LogP contribution in [0.4, 0.5) is 0 Å². The Bertz CT molecular complexity index is 362. The van der Waals surface area contributed by atoms with Crippen molar-refractivity contribution in [2.24, 2.45) is 5.92 Å². The molecule has 0 unspecified atom stereocenters. The minimum atomic E-state index is 0.259. The summed E-state index contributed by atoms with van der Waals surface area (Å²) < 4.78 is 12.4. The molecule has 0 heterocycles. The van der Waals surface area contributed by atoms with Crippen LogP contribution in [0.25, 0.3) is 0 Å². The summed E-state index contributed by atoms with van der Waals surface area (Å²) in [5, 5.41) is 0. The number of halogens is 1. The predicted octanol–water partition coefficient (Wildman–Crippen LogP) is 4.62. The molecule has 2 nitrogen and oxygen atoms in total. The average Bonchev–Trinajstić information content (AvgIpc) is 2.44. The molecule has 0 fully saturated rings. The minimum absolute atomic E-state index is 0.259. The fourth-order valence-electron chi connectivity index (χ4n) is 1.91. The average molecular weight is 374 g/mol. The van der Waals surface area contributed by atoms with Crippen molar-refractivity contribution in [3.8, 4) is 5.75 Å². The first-order valence-corrected chi connectivity index (χ1v) is 8.15. The van der Waals surface area contributed by atoms with Crippen molar-refractivity contribution in [2.75, 3.05) is 11.5 Å². The van der Waals surface area contributed by atoms with Crippen LogP contribution in [0.3, 0.4) is 0 Å². The van der Waals surface area contributed by atoms with Crippen molar-refractivity contribution in [1.82, 2.24) is 0 Å². The second-order valence-corrected chi connectivity index (χ2v) is 5.76. The molecule has 0 N–H and O–H groups in total. The van der Waals surface area contributed by atoms with Crippen molar-refractivity contribution in [2.45, 2.75) is 32.5 Å². The first-order valence-electron chi connectivity index (χ1n) is 6.62. The van der Waals surface area contributed by atoms with Gasteiger partial charge in [-0.2, -0.15) is 0 Å². The van der Waals surface area contributed by atoms with E-state index >= 15 is 0 Å². The molecule has 0 radical (unpaired) electrons. The summed E-state index contributed by atoms with van der Waals surface area (Å²) in [4.78, 5) is 0. The molecule has 0 saturated carbocycles. The third kappa shape index (κ3) is 5.95. The van der Waals surface area contributed by atoms with E-state index in [4.69, 9.17) is 9.47 Å². The zero-order valence-electron chi connectivity index (χ0n) is 11.8. The SMILES string of the molecule is C=CC[C@@H](OCc1ccc(OC)cc1)[C@@H](C)CCI. The number of rotatable bonds is 9. The molecular formula is C16H23IO2. The van der Waals surface area contributed by atoms with Crippen molar-refractivity contribution >= 4 is 22.6 Å². The maximum absolute atomic E-state index is 6.04. The second kappa shape index (κ2) is 9.37. The van der Waals surface area contributed by atoms with Crippen LogP contribution in [-0.4, -0.2) is 17.6 Å². The summed E-state index contributed by atoms with van der Waals surface area (Å²) in [6.07, 6.45) is 4.30. The van der Waals surface area contributed by atoms with Gasteiger partial charge in [-0.1, -0.05) is 47.7 Å². The number of benzene rings is 1. The lowest BCUT2D eigenvalue weighted by Crippen LogP contribution is -2.21. The number of hydrogen-bond acceptors (Lipinski definition) is 2. The molecule has 0 spiro atoms. The lowest BCUT2D eigenvalue weighted by molar-refractivity contribution is 0.00735. The Morgan fingerprint density at radius 2 is 2.00 bits per heavy atom. The smallest absolute Gasteiger partial charge is 0.118 e. The molecule has 19 heavy (non-hydrogen) atoms. The van der Waals surface area contributed by atoms with Gasteiger partial charge in [-0.3, -0.25) is 0 Å². The Morgan fingerprint density at radius 3 is 2.53 bits per heavy atom. The Morgan fingerprint density at radius 1 is 1.32 bits per heavy atom. The van der Waals surface area contributed by atoms with E-state index in [1.165, 1.54) is 16.4 Å². The van der Waals surface area contributed by atoms with Gasteiger partial charge in [-0.15, -0.1) is 6.58 Å². The van der Waals surface area contributed by atoms with Gasteiger partial charge >= 0.3 is 0 Å². The summed E-state index contributed by atoms with van der Waals surface area (Å²) in [7, 11) is 1.68. The van der Waals surface area contributed by atoms with E-state index in [9.17, 15) is 0 Å². The van der Waals surface area contributed by atoms with Crippen molar-refractivity contribution in [3.63, 3.8) is 0 Å². The fourth-order valence-corrected chi connectivity index (χ4v) is 2.89. The van der Waals surface area contributed by atoms with Crippen LogP contribution < -0.4 is 4.74 Å². The number of ether oxygens (including phenoxy) is 2. The Kier molecular flexibility index (Phi) is 8.14. The predicted molar refractivity (Wildman–Crippen MR) is 89.1 cm³/mol. The monoisotopic (exact) mass is 374 g/mol. The van der Waals surface area contributed by atoms with E-state index < -0.39 is 0 Å². The normalized spacial score (nSPS) is 13.8. The van der Waals surface area contributed by atoms with E-state index in [0.29, 0.717) is 12.5 Å². The van der Waals surface area contributed by atoms with Gasteiger partial charge in [0, 0.05) is 0 Å². The highest BCUT2D eigenvalue weighted by Crippen LogP contribution is 2.19. The first kappa shape index (κ1) is 16.5. The molecule has 0 amide bonds. The van der Waals surface area contributed by atoms with Crippen molar-refractivity contribution < 1.29 is 9.47 Å². The Hall–Kier alpha value is -0.550. The lowest BCUT2D eigenvalue weighted by atomic mass is 9.99. The Labute approximate surface area is 130 Å². The molecule has 0 aliphatic heterocycles. The molecule has 1 aromatic carbocycles. The highest BCUT2D eigenvalue weighted by molar-refractivity contribution is 14.1. The second-order valence-electron chi connectivity index (χ2n) is 4.68. The fraction of sp³-hybridized carbons (Fsp3) is 0.500. The van der Waals surface area contributed by atoms with Gasteiger partial charge in [0.25, 0.3) is 0 Å². The van der Waals surface area contributed by atoms with Gasteiger partial charge in [-0.05, 0) is 40.9 Å². The third-order valence-corrected chi connectivity index (χ3v) is 3.84. The highest BCUT2D eigenvalue weighted by Gasteiger charge is 2.16. The standard InChI is InChI=1S/C16H23IO2/c1-4-5-16(13(2)10-11-17)19-12-14-6-8-15(18-3)9-7-14/h4,6-9,13,16H,1,5,10-12H2,2-3H3/t13-,16+/m0/s1. The van der Waals surface area contributed by atoms with Gasteiger partial charge in [0.2, 0.25) is 0 Å². The lowest BCUT2D eigenvalue weighted by Gasteiger charge is -2.23. The topological polar surface area (TPSA) is 18.5 Å². The van der Waals surface area contributed by atoms with E-state index in [1.807, 2.05) is 30.3 Å². The first-order chi connectivity index (χ1) is 9.21. The van der Waals surface area contributed by atoms with Gasteiger partial charge in [0.1, 0.15) is 5.75 Å². The van der Waals surface area contributed by atoms with Crippen LogP contribution in [0, 0.1) is 5.92 Å². The third-order valence-electron chi connectivity index (χ3n) is 3.22. The highest BCUT2D eigenvalue weighted by atomic mass is 127. The molecule has 0 bridgehead atoms. The van der Waals surface area contributed by atoms with Crippen molar-refractivity contribution in [3.05, 3.63) is 42.5 Å². The van der Waals surface area contributed by atoms with E-state index in [-0.39, 0.29) is 6.10 Å². The van der Waals surface area contributed by atoms with Crippen LogP contribution in [-0.2, 0) is 11.3 Å². The maximum atomic E-state index is 6.04. The molecule has 1 rings (SSSR count). The summed E-state index contributed by atoms with van der Waals surface area (Å²) in [5.74, 6) is 1.44. The summed E-state index contributed by atoms with van der Waals surface area (Å²) in [6, 6.07) is 8.03. The quantitative estimate of drug-likeness (QED) is 0.357. The number of methoxy groups -OCH3 is 1. The van der Waals surface area contributed by atoms with Gasteiger partial charge in [-0.25, -0.2) is 0 Å². The summed E-state index contributed by atoms with van der Waals surface area (Å²) in [6.45, 7) is 6.72. The maximum Gasteiger partial charge on any atom is 0.118 e. The molecule has 1 aromatic rings. The summed E-state index contributed by atoms with van der Waals surface area (Å²) in [5.41, 5.74) is 1.18. The molecule has 0 aliphatic rings. The zero-order valence-corrected chi connectivity index (χ0v) is 13.9. The van der Waals surface area contributed by atoms with Crippen LogP contribution in [0.2, 0.25) is 0 Å². The zero-order chi connectivity index (χ0) is 14.1. The molecule has 3 heteroatoms. The van der Waals surface area contributed by atoms with Crippen LogP contribution >= 0.6 is 22.6 Å². The molecule has 0 aliphatic carbocycles. The molecule has 106 valence electrons. The minimum Gasteiger partial charge on any atom is -0.497 e. The molecular weight excluding hydrogens is 351 g/mol.